The molecule has 0 radical (unpaired) electrons. The van der Waals surface area contributed by atoms with Crippen molar-refractivity contribution < 1.29 is 19.2 Å². The summed E-state index contributed by atoms with van der Waals surface area (Å²) in [7, 11) is 1.39. The van der Waals surface area contributed by atoms with Gasteiger partial charge >= 0.3 is 5.69 Å². The molecule has 0 aliphatic carbocycles. The van der Waals surface area contributed by atoms with Gasteiger partial charge in [0.1, 0.15) is 5.75 Å². The van der Waals surface area contributed by atoms with Crippen LogP contribution in [0.2, 0.25) is 0 Å². The molecule has 152 valence electrons. The number of amides is 1. The van der Waals surface area contributed by atoms with E-state index in [1.807, 2.05) is 25.1 Å². The van der Waals surface area contributed by atoms with Crippen LogP contribution in [-0.4, -0.2) is 24.5 Å². The molecule has 0 spiro atoms. The molecular weight excluding hydrogens is 386 g/mol. The molecule has 3 aromatic carbocycles. The quantitative estimate of drug-likeness (QED) is 0.458. The largest absolute Gasteiger partial charge is 0.494 e. The highest BCUT2D eigenvalue weighted by atomic mass is 16.6. The van der Waals surface area contributed by atoms with Crippen molar-refractivity contribution in [3.05, 3.63) is 70.3 Å². The Bertz CT molecular complexity index is 1160. The predicted octanol–water partition coefficient (Wildman–Crippen LogP) is 4.98. The number of methoxy groups -OCH3 is 1. The van der Waals surface area contributed by atoms with Gasteiger partial charge in [-0.05, 0) is 54.4 Å². The van der Waals surface area contributed by atoms with Crippen molar-refractivity contribution in [1.29, 1.82) is 0 Å². The summed E-state index contributed by atoms with van der Waals surface area (Å²) in [5, 5.41) is 17.3. The number of fused-ring (bicyclic) bond motifs is 2. The summed E-state index contributed by atoms with van der Waals surface area (Å²) in [6, 6.07) is 15.5. The van der Waals surface area contributed by atoms with Gasteiger partial charge in [-0.25, -0.2) is 0 Å². The zero-order valence-electron chi connectivity index (χ0n) is 16.4. The minimum absolute atomic E-state index is 0.104. The van der Waals surface area contributed by atoms with E-state index in [9.17, 15) is 14.9 Å². The number of carbonyl (C=O) groups excluding carboxylic acids is 1. The van der Waals surface area contributed by atoms with E-state index in [-0.39, 0.29) is 17.3 Å². The number of hydrogen-bond acceptors (Lipinski definition) is 6. The summed E-state index contributed by atoms with van der Waals surface area (Å²) in [4.78, 5) is 23.4. The maximum atomic E-state index is 12.7. The molecule has 0 bridgehead atoms. The second-order valence-electron chi connectivity index (χ2n) is 6.62. The second-order valence-corrected chi connectivity index (χ2v) is 6.62. The third-order valence-electron chi connectivity index (χ3n) is 4.79. The Morgan fingerprint density at radius 3 is 2.43 bits per heavy atom. The minimum atomic E-state index is -0.487. The number of ether oxygens (including phenoxy) is 2. The Morgan fingerprint density at radius 2 is 1.70 bits per heavy atom. The summed E-state index contributed by atoms with van der Waals surface area (Å²) in [6.07, 6.45) is 0. The molecule has 1 heterocycles. The van der Waals surface area contributed by atoms with Crippen molar-refractivity contribution in [2.45, 2.75) is 6.92 Å². The van der Waals surface area contributed by atoms with Crippen LogP contribution >= 0.6 is 0 Å². The maximum Gasteiger partial charge on any atom is 0.310 e. The molecule has 0 aromatic heterocycles. The van der Waals surface area contributed by atoms with E-state index in [1.165, 1.54) is 13.2 Å². The highest BCUT2D eigenvalue weighted by Gasteiger charge is 2.21. The highest BCUT2D eigenvalue weighted by molar-refractivity contribution is 6.12. The molecular formula is C22H19N3O5. The lowest BCUT2D eigenvalue weighted by Gasteiger charge is -2.12. The molecule has 3 aromatic rings. The average Bonchev–Trinajstić information content (AvgIpc) is 2.88. The van der Waals surface area contributed by atoms with Crippen LogP contribution in [0.15, 0.2) is 54.6 Å². The normalized spacial score (nSPS) is 12.0. The van der Waals surface area contributed by atoms with Crippen LogP contribution < -0.4 is 20.1 Å². The van der Waals surface area contributed by atoms with Crippen LogP contribution in [0, 0.1) is 10.1 Å². The summed E-state index contributed by atoms with van der Waals surface area (Å²) < 4.78 is 10.7. The zero-order chi connectivity index (χ0) is 21.3. The molecule has 1 amide bonds. The van der Waals surface area contributed by atoms with Crippen LogP contribution in [0.4, 0.5) is 22.7 Å². The molecule has 8 heteroatoms. The summed E-state index contributed by atoms with van der Waals surface area (Å²) >= 11 is 0. The van der Waals surface area contributed by atoms with Gasteiger partial charge in [0, 0.05) is 12.1 Å². The van der Waals surface area contributed by atoms with Crippen molar-refractivity contribution in [1.82, 2.24) is 0 Å². The van der Waals surface area contributed by atoms with Crippen LogP contribution in [0.1, 0.15) is 17.3 Å². The number of nitro benzene ring substituents is 1. The third kappa shape index (κ3) is 3.50. The van der Waals surface area contributed by atoms with Crippen LogP contribution in [0.5, 0.6) is 11.5 Å². The van der Waals surface area contributed by atoms with Gasteiger partial charge in [-0.3, -0.25) is 14.9 Å². The average molecular weight is 405 g/mol. The van der Waals surface area contributed by atoms with Crippen molar-refractivity contribution in [2.75, 3.05) is 24.4 Å². The van der Waals surface area contributed by atoms with E-state index < -0.39 is 4.92 Å². The van der Waals surface area contributed by atoms with E-state index >= 15 is 0 Å². The topological polar surface area (TPSA) is 103 Å². The lowest BCUT2D eigenvalue weighted by molar-refractivity contribution is -0.385. The molecule has 4 rings (SSSR count). The van der Waals surface area contributed by atoms with Gasteiger partial charge in [-0.1, -0.05) is 6.07 Å². The van der Waals surface area contributed by atoms with Crippen LogP contribution in [-0.2, 0) is 0 Å². The second kappa shape index (κ2) is 7.75. The molecule has 0 unspecified atom stereocenters. The number of nitro groups is 1. The molecule has 8 nitrogen and oxygen atoms in total. The first-order chi connectivity index (χ1) is 14.5. The van der Waals surface area contributed by atoms with Crippen molar-refractivity contribution >= 4 is 28.7 Å². The molecule has 2 N–H and O–H groups in total. The Balaban J connectivity index is 1.74. The van der Waals surface area contributed by atoms with E-state index in [1.54, 1.807) is 30.3 Å². The van der Waals surface area contributed by atoms with Gasteiger partial charge in [-0.2, -0.15) is 0 Å². The molecule has 0 saturated heterocycles. The fourth-order valence-electron chi connectivity index (χ4n) is 3.36. The standard InChI is InChI=1S/C22H19N3O5/c1-3-30-15-6-8-17-19(12-15)24-22(26)16-7-4-13(10-18(16)23-17)14-5-9-20(25(27)28)21(11-14)29-2/h4-12,23H,3H2,1-2H3,(H,24,26). The lowest BCUT2D eigenvalue weighted by atomic mass is 10.0. The monoisotopic (exact) mass is 405 g/mol. The van der Waals surface area contributed by atoms with E-state index in [2.05, 4.69) is 10.6 Å². The van der Waals surface area contributed by atoms with Gasteiger partial charge in [0.25, 0.3) is 5.91 Å². The summed E-state index contributed by atoms with van der Waals surface area (Å²) in [5.41, 5.74) is 3.90. The molecule has 0 atom stereocenters. The number of nitrogens with one attached hydrogen (secondary N) is 2. The molecule has 30 heavy (non-hydrogen) atoms. The van der Waals surface area contributed by atoms with E-state index in [4.69, 9.17) is 9.47 Å². The molecule has 0 saturated carbocycles. The van der Waals surface area contributed by atoms with E-state index in [0.717, 1.165) is 16.8 Å². The fourth-order valence-corrected chi connectivity index (χ4v) is 3.36. The first-order valence-electron chi connectivity index (χ1n) is 9.32. The number of carbonyl (C=O) groups is 1. The Kier molecular flexibility index (Phi) is 4.97. The molecule has 0 fully saturated rings. The minimum Gasteiger partial charge on any atom is -0.494 e. The van der Waals surface area contributed by atoms with Crippen molar-refractivity contribution in [2.24, 2.45) is 0 Å². The first kappa shape index (κ1) is 19.3. The highest BCUT2D eigenvalue weighted by Crippen LogP contribution is 2.38. The summed E-state index contributed by atoms with van der Waals surface area (Å²) in [5.74, 6) is 0.604. The SMILES string of the molecule is CCOc1ccc2c(c1)NC(=O)c1ccc(-c3ccc([N+](=O)[O-])c(OC)c3)cc1N2. The van der Waals surface area contributed by atoms with Crippen molar-refractivity contribution in [3.8, 4) is 22.6 Å². The van der Waals surface area contributed by atoms with Crippen molar-refractivity contribution in [3.63, 3.8) is 0 Å². The van der Waals surface area contributed by atoms with Gasteiger partial charge in [0.05, 0.1) is 41.3 Å². The fraction of sp³-hybridized carbons (Fsp3) is 0.136. The number of anilines is 3. The van der Waals surface area contributed by atoms with Crippen LogP contribution in [0.25, 0.3) is 11.1 Å². The maximum absolute atomic E-state index is 12.7. The Hall–Kier alpha value is -4.07. The number of rotatable bonds is 5. The van der Waals surface area contributed by atoms with E-state index in [0.29, 0.717) is 29.3 Å². The van der Waals surface area contributed by atoms with Gasteiger partial charge in [0.15, 0.2) is 5.75 Å². The molecule has 1 aliphatic rings. The lowest BCUT2D eigenvalue weighted by Crippen LogP contribution is -2.10. The van der Waals surface area contributed by atoms with Gasteiger partial charge < -0.3 is 20.1 Å². The molecule has 1 aliphatic heterocycles. The predicted molar refractivity (Wildman–Crippen MR) is 114 cm³/mol. The Labute approximate surface area is 172 Å². The third-order valence-corrected chi connectivity index (χ3v) is 4.79. The van der Waals surface area contributed by atoms with Gasteiger partial charge in [0.2, 0.25) is 0 Å². The van der Waals surface area contributed by atoms with Crippen LogP contribution in [0.3, 0.4) is 0 Å². The zero-order valence-corrected chi connectivity index (χ0v) is 16.4. The Morgan fingerprint density at radius 1 is 0.933 bits per heavy atom. The number of nitrogens with zero attached hydrogens (tertiary/aromatic N) is 1. The number of benzene rings is 3. The smallest absolute Gasteiger partial charge is 0.310 e. The first-order valence-corrected chi connectivity index (χ1v) is 9.32. The van der Waals surface area contributed by atoms with Gasteiger partial charge in [-0.15, -0.1) is 0 Å². The number of hydrogen-bond donors (Lipinski definition) is 2. The summed E-state index contributed by atoms with van der Waals surface area (Å²) in [6.45, 7) is 2.43.